The first-order valence-electron chi connectivity index (χ1n) is 11.9. The molecule has 4 N–H and O–H groups in total. The van der Waals surface area contributed by atoms with Crippen molar-refractivity contribution in [3.8, 4) is 0 Å². The highest BCUT2D eigenvalue weighted by Gasteiger charge is 2.27. The number of anilines is 1. The van der Waals surface area contributed by atoms with Crippen LogP contribution < -0.4 is 15.4 Å². The number of benzene rings is 2. The number of nitrogens with one attached hydrogen (secondary N) is 3. The Bertz CT molecular complexity index is 1420. The zero-order valence-electron chi connectivity index (χ0n) is 20.3. The van der Waals surface area contributed by atoms with Crippen molar-refractivity contribution in [2.45, 2.75) is 17.4 Å². The van der Waals surface area contributed by atoms with Crippen LogP contribution in [-0.2, 0) is 21.2 Å². The largest absolute Gasteiger partial charge is 0.480 e. The highest BCUT2D eigenvalue weighted by atomic mass is 32.2. The topological polar surface area (TPSA) is 158 Å². The molecule has 12 heteroatoms. The maximum absolute atomic E-state index is 13.1. The van der Waals surface area contributed by atoms with Gasteiger partial charge in [-0.2, -0.15) is 4.72 Å². The monoisotopic (exact) mass is 537 g/mol. The molecule has 2 aromatic carbocycles. The summed E-state index contributed by atoms with van der Waals surface area (Å²) >= 11 is 0. The van der Waals surface area contributed by atoms with Gasteiger partial charge in [-0.3, -0.25) is 14.4 Å². The normalized spacial score (nSPS) is 13.9. The van der Waals surface area contributed by atoms with Gasteiger partial charge < -0.3 is 20.6 Å². The van der Waals surface area contributed by atoms with E-state index in [9.17, 15) is 27.9 Å². The number of aromatic nitrogens is 1. The zero-order chi connectivity index (χ0) is 27.1. The summed E-state index contributed by atoms with van der Waals surface area (Å²) in [5.41, 5.74) is 1.39. The standard InChI is InChI=1S/C26H27N5O6S/c32-24(29-17-22(26(34)35)30-38(36,37)20-6-2-1-3-7-20)19-10-9-18-11-14-31(25(33)21(18)16-19)15-13-28-23-8-4-5-12-27-23/h1-10,12,16,22,30H,11,13-15,17H2,(H,27,28)(H,29,32)(H,34,35)/t22-/m0/s1. The van der Waals surface area contributed by atoms with E-state index in [0.29, 0.717) is 37.4 Å². The summed E-state index contributed by atoms with van der Waals surface area (Å²) in [6, 6.07) is 16.0. The first kappa shape index (κ1) is 26.8. The van der Waals surface area contributed by atoms with Crippen LogP contribution in [0.1, 0.15) is 26.3 Å². The van der Waals surface area contributed by atoms with Crippen molar-refractivity contribution in [3.63, 3.8) is 0 Å². The van der Waals surface area contributed by atoms with Crippen LogP contribution in [0.5, 0.6) is 0 Å². The van der Waals surface area contributed by atoms with Crippen LogP contribution in [0.15, 0.2) is 77.8 Å². The van der Waals surface area contributed by atoms with Gasteiger partial charge in [-0.25, -0.2) is 13.4 Å². The molecule has 2 heterocycles. The Labute approximate surface area is 219 Å². The Morgan fingerprint density at radius 2 is 1.82 bits per heavy atom. The molecule has 0 aliphatic carbocycles. The molecule has 198 valence electrons. The molecule has 4 rings (SSSR count). The van der Waals surface area contributed by atoms with Gasteiger partial charge in [0.2, 0.25) is 10.0 Å². The molecule has 2 amide bonds. The van der Waals surface area contributed by atoms with Crippen LogP contribution in [0.2, 0.25) is 0 Å². The summed E-state index contributed by atoms with van der Waals surface area (Å²) in [7, 11) is -4.11. The fourth-order valence-corrected chi connectivity index (χ4v) is 5.20. The lowest BCUT2D eigenvalue weighted by Crippen LogP contribution is -2.48. The minimum atomic E-state index is -4.11. The SMILES string of the molecule is O=C(NC[C@H](NS(=O)(=O)c1ccccc1)C(=O)O)c1ccc2c(c1)C(=O)N(CCNc1ccccn1)CC2. The van der Waals surface area contributed by atoms with Gasteiger partial charge in [0.25, 0.3) is 11.8 Å². The fraction of sp³-hybridized carbons (Fsp3) is 0.231. The van der Waals surface area contributed by atoms with E-state index in [-0.39, 0.29) is 16.4 Å². The van der Waals surface area contributed by atoms with E-state index in [4.69, 9.17) is 0 Å². The molecule has 1 atom stereocenters. The molecule has 1 aliphatic rings. The maximum Gasteiger partial charge on any atom is 0.323 e. The van der Waals surface area contributed by atoms with Crippen LogP contribution >= 0.6 is 0 Å². The Morgan fingerprint density at radius 1 is 1.05 bits per heavy atom. The number of hydrogen-bond acceptors (Lipinski definition) is 7. The van der Waals surface area contributed by atoms with Crippen molar-refractivity contribution in [3.05, 3.63) is 89.6 Å². The number of amides is 2. The molecule has 11 nitrogen and oxygen atoms in total. The quantitative estimate of drug-likeness (QED) is 0.285. The summed E-state index contributed by atoms with van der Waals surface area (Å²) in [4.78, 5) is 43.3. The number of carbonyl (C=O) groups is 3. The second-order valence-corrected chi connectivity index (χ2v) is 10.3. The van der Waals surface area contributed by atoms with Crippen molar-refractivity contribution < 1.29 is 27.9 Å². The van der Waals surface area contributed by atoms with Gasteiger partial charge in [0.1, 0.15) is 11.9 Å². The molecule has 0 saturated heterocycles. The van der Waals surface area contributed by atoms with Crippen LogP contribution in [0.25, 0.3) is 0 Å². The highest BCUT2D eigenvalue weighted by molar-refractivity contribution is 7.89. The second kappa shape index (κ2) is 11.8. The van der Waals surface area contributed by atoms with Crippen LogP contribution in [0, 0.1) is 0 Å². The molecular weight excluding hydrogens is 510 g/mol. The number of carboxylic acids is 1. The number of sulfonamides is 1. The second-order valence-electron chi connectivity index (χ2n) is 8.59. The van der Waals surface area contributed by atoms with Gasteiger partial charge in [-0.05, 0) is 48.4 Å². The Hall–Kier alpha value is -4.29. The van der Waals surface area contributed by atoms with E-state index in [2.05, 4.69) is 20.3 Å². The smallest absolute Gasteiger partial charge is 0.323 e. The average Bonchev–Trinajstić information content (AvgIpc) is 2.93. The summed E-state index contributed by atoms with van der Waals surface area (Å²) in [6.07, 6.45) is 2.31. The summed E-state index contributed by atoms with van der Waals surface area (Å²) < 4.78 is 27.1. The third kappa shape index (κ3) is 6.52. The third-order valence-corrected chi connectivity index (χ3v) is 7.50. The van der Waals surface area contributed by atoms with Crippen LogP contribution in [0.4, 0.5) is 5.82 Å². The maximum atomic E-state index is 13.1. The predicted octanol–water partition coefficient (Wildman–Crippen LogP) is 1.35. The molecular formula is C26H27N5O6S. The highest BCUT2D eigenvalue weighted by Crippen LogP contribution is 2.20. The number of rotatable bonds is 11. The molecule has 38 heavy (non-hydrogen) atoms. The lowest BCUT2D eigenvalue weighted by atomic mass is 9.96. The molecule has 3 aromatic rings. The number of pyridine rings is 1. The number of nitrogens with zero attached hydrogens (tertiary/aromatic N) is 2. The molecule has 0 spiro atoms. The third-order valence-electron chi connectivity index (χ3n) is 6.01. The Balaban J connectivity index is 1.37. The number of fused-ring (bicyclic) bond motifs is 1. The van der Waals surface area contributed by atoms with Gasteiger partial charge in [0.05, 0.1) is 4.90 Å². The molecule has 0 fully saturated rings. The molecule has 1 aliphatic heterocycles. The molecule has 1 aromatic heterocycles. The van der Waals surface area contributed by atoms with Crippen molar-refractivity contribution in [2.75, 3.05) is 31.5 Å². The van der Waals surface area contributed by atoms with Crippen molar-refractivity contribution in [1.29, 1.82) is 0 Å². The van der Waals surface area contributed by atoms with Gasteiger partial charge >= 0.3 is 5.97 Å². The Morgan fingerprint density at radius 3 is 2.53 bits per heavy atom. The van der Waals surface area contributed by atoms with Gasteiger partial charge in [-0.1, -0.05) is 30.3 Å². The first-order chi connectivity index (χ1) is 18.2. The fourth-order valence-electron chi connectivity index (χ4n) is 3.99. The van der Waals surface area contributed by atoms with E-state index in [1.54, 1.807) is 29.3 Å². The number of carboxylic acid groups (broad SMARTS) is 1. The van der Waals surface area contributed by atoms with Crippen LogP contribution in [0.3, 0.4) is 0 Å². The Kier molecular flexibility index (Phi) is 8.34. The van der Waals surface area contributed by atoms with Gasteiger partial charge in [-0.15, -0.1) is 0 Å². The molecule has 0 unspecified atom stereocenters. The van der Waals surface area contributed by atoms with Crippen molar-refractivity contribution in [1.82, 2.24) is 19.9 Å². The number of aliphatic carboxylic acids is 1. The van der Waals surface area contributed by atoms with Crippen LogP contribution in [-0.4, -0.2) is 73.4 Å². The lowest BCUT2D eigenvalue weighted by Gasteiger charge is -2.29. The van der Waals surface area contributed by atoms with E-state index in [1.165, 1.54) is 30.3 Å². The van der Waals surface area contributed by atoms with E-state index < -0.39 is 34.5 Å². The van der Waals surface area contributed by atoms with Crippen molar-refractivity contribution in [2.24, 2.45) is 0 Å². The summed E-state index contributed by atoms with van der Waals surface area (Å²) in [5, 5.41) is 15.1. The predicted molar refractivity (Wildman–Crippen MR) is 139 cm³/mol. The number of carbonyl (C=O) groups excluding carboxylic acids is 2. The van der Waals surface area contributed by atoms with Gasteiger partial charge in [0.15, 0.2) is 0 Å². The first-order valence-corrected chi connectivity index (χ1v) is 13.4. The molecule has 0 saturated carbocycles. The van der Waals surface area contributed by atoms with E-state index >= 15 is 0 Å². The van der Waals surface area contributed by atoms with Crippen molar-refractivity contribution >= 4 is 33.6 Å². The summed E-state index contributed by atoms with van der Waals surface area (Å²) in [6.45, 7) is 1.01. The van der Waals surface area contributed by atoms with Gasteiger partial charge in [0, 0.05) is 43.5 Å². The summed E-state index contributed by atoms with van der Waals surface area (Å²) in [5.74, 6) is -1.56. The zero-order valence-corrected chi connectivity index (χ0v) is 21.1. The van der Waals surface area contributed by atoms with E-state index in [0.717, 1.165) is 5.56 Å². The molecule has 0 bridgehead atoms. The lowest BCUT2D eigenvalue weighted by molar-refractivity contribution is -0.138. The van der Waals surface area contributed by atoms with E-state index in [1.807, 2.05) is 18.2 Å². The average molecular weight is 538 g/mol. The molecule has 0 radical (unpaired) electrons. The number of hydrogen-bond donors (Lipinski definition) is 4. The minimum Gasteiger partial charge on any atom is -0.480 e. The minimum absolute atomic E-state index is 0.0921.